The van der Waals surface area contributed by atoms with E-state index in [9.17, 15) is 5.21 Å². The van der Waals surface area contributed by atoms with Crippen LogP contribution in [0.3, 0.4) is 0 Å². The Morgan fingerprint density at radius 2 is 2.20 bits per heavy atom. The summed E-state index contributed by atoms with van der Waals surface area (Å²) in [5.74, 6) is 0.602. The number of thiazole rings is 1. The highest BCUT2D eigenvalue weighted by Gasteiger charge is 2.16. The molecule has 0 radical (unpaired) electrons. The van der Waals surface area contributed by atoms with Crippen molar-refractivity contribution in [2.45, 2.75) is 11.8 Å². The summed E-state index contributed by atoms with van der Waals surface area (Å²) in [4.78, 5) is 7.04. The number of oxime groups is 1. The average molecular weight is 304 g/mol. The summed E-state index contributed by atoms with van der Waals surface area (Å²) in [6.45, 7) is 1.95. The maximum absolute atomic E-state index is 9.28. The first-order chi connectivity index (χ1) is 9.79. The Morgan fingerprint density at radius 1 is 1.40 bits per heavy atom. The standard InChI is InChI=1S/C13H12N4OS2/c1-9-12(20-13-14-8-15-17(9)13)11(16-18)7-19-10-5-3-2-4-6-10/h2-6,8,18H,7H2,1H3/b16-11+. The van der Waals surface area contributed by atoms with E-state index >= 15 is 0 Å². The molecule has 0 aliphatic heterocycles. The minimum Gasteiger partial charge on any atom is -0.411 e. The number of aryl methyl sites for hydroxylation is 1. The molecular weight excluding hydrogens is 292 g/mol. The molecule has 0 unspecified atom stereocenters. The molecule has 0 aliphatic carbocycles. The highest BCUT2D eigenvalue weighted by molar-refractivity contribution is 8.00. The number of hydrogen-bond donors (Lipinski definition) is 1. The molecule has 0 bridgehead atoms. The maximum atomic E-state index is 9.28. The molecule has 0 spiro atoms. The van der Waals surface area contributed by atoms with Gasteiger partial charge in [-0.3, -0.25) is 0 Å². The zero-order valence-corrected chi connectivity index (χ0v) is 12.4. The Balaban J connectivity index is 1.83. The minimum absolute atomic E-state index is 0.602. The maximum Gasteiger partial charge on any atom is 0.212 e. The Bertz CT molecular complexity index is 748. The molecule has 1 N–H and O–H groups in total. The molecule has 3 rings (SSSR count). The molecule has 0 fully saturated rings. The lowest BCUT2D eigenvalue weighted by Crippen LogP contribution is -2.05. The Hall–Kier alpha value is -1.86. The molecule has 0 saturated carbocycles. The molecule has 1 aromatic carbocycles. The van der Waals surface area contributed by atoms with Gasteiger partial charge in [-0.25, -0.2) is 9.50 Å². The van der Waals surface area contributed by atoms with Crippen molar-refractivity contribution in [3.63, 3.8) is 0 Å². The van der Waals surface area contributed by atoms with Gasteiger partial charge in [-0.15, -0.1) is 11.8 Å². The first-order valence-electron chi connectivity index (χ1n) is 5.98. The predicted molar refractivity (Wildman–Crippen MR) is 81.1 cm³/mol. The van der Waals surface area contributed by atoms with E-state index in [1.54, 1.807) is 16.3 Å². The van der Waals surface area contributed by atoms with E-state index in [1.807, 2.05) is 37.3 Å². The molecule has 0 amide bonds. The number of hydrogen-bond acceptors (Lipinski definition) is 6. The van der Waals surface area contributed by atoms with Gasteiger partial charge in [-0.2, -0.15) is 5.10 Å². The van der Waals surface area contributed by atoms with Crippen LogP contribution in [0.5, 0.6) is 0 Å². The molecule has 0 atom stereocenters. The third-order valence-electron chi connectivity index (χ3n) is 2.86. The van der Waals surface area contributed by atoms with Crippen molar-refractivity contribution in [1.29, 1.82) is 0 Å². The van der Waals surface area contributed by atoms with Crippen LogP contribution in [0, 0.1) is 6.92 Å². The van der Waals surface area contributed by atoms with Gasteiger partial charge in [0.05, 0.1) is 10.6 Å². The van der Waals surface area contributed by atoms with Gasteiger partial charge in [-0.1, -0.05) is 34.7 Å². The SMILES string of the molecule is Cc1c(/C(CSc2ccccc2)=N/O)sc2ncnn12. The molecule has 2 aromatic heterocycles. The molecule has 7 heteroatoms. The van der Waals surface area contributed by atoms with E-state index in [0.717, 1.165) is 20.4 Å². The molecule has 3 aromatic rings. The highest BCUT2D eigenvalue weighted by Crippen LogP contribution is 2.25. The fourth-order valence-corrected chi connectivity index (χ4v) is 3.83. The van der Waals surface area contributed by atoms with E-state index in [1.165, 1.54) is 17.7 Å². The Morgan fingerprint density at radius 3 is 2.90 bits per heavy atom. The highest BCUT2D eigenvalue weighted by atomic mass is 32.2. The number of aromatic nitrogens is 3. The molecule has 0 aliphatic rings. The molecule has 5 nitrogen and oxygen atoms in total. The van der Waals surface area contributed by atoms with Gasteiger partial charge in [0.2, 0.25) is 4.96 Å². The Labute approximate surface area is 124 Å². The third-order valence-corrected chi connectivity index (χ3v) is 5.08. The van der Waals surface area contributed by atoms with Crippen LogP contribution in [0.15, 0.2) is 46.7 Å². The van der Waals surface area contributed by atoms with Crippen molar-refractivity contribution in [1.82, 2.24) is 14.6 Å². The summed E-state index contributed by atoms with van der Waals surface area (Å²) in [5, 5.41) is 16.9. The fraction of sp³-hybridized carbons (Fsp3) is 0.154. The summed E-state index contributed by atoms with van der Waals surface area (Å²) in [7, 11) is 0. The van der Waals surface area contributed by atoms with E-state index in [-0.39, 0.29) is 0 Å². The second kappa shape index (κ2) is 5.64. The summed E-state index contributed by atoms with van der Waals surface area (Å²) >= 11 is 3.12. The van der Waals surface area contributed by atoms with Crippen LogP contribution in [0.1, 0.15) is 10.6 Å². The van der Waals surface area contributed by atoms with E-state index in [2.05, 4.69) is 15.2 Å². The summed E-state index contributed by atoms with van der Waals surface area (Å²) in [6.07, 6.45) is 1.52. The van der Waals surface area contributed by atoms with Gasteiger partial charge in [-0.05, 0) is 19.1 Å². The minimum atomic E-state index is 0.602. The van der Waals surface area contributed by atoms with Gasteiger partial charge in [0, 0.05) is 10.6 Å². The van der Waals surface area contributed by atoms with Crippen LogP contribution in [0.2, 0.25) is 0 Å². The quantitative estimate of drug-likeness (QED) is 0.348. The van der Waals surface area contributed by atoms with Crippen LogP contribution in [0.25, 0.3) is 4.96 Å². The molecule has 0 saturated heterocycles. The lowest BCUT2D eigenvalue weighted by molar-refractivity contribution is 0.319. The lowest BCUT2D eigenvalue weighted by Gasteiger charge is -2.03. The fourth-order valence-electron chi connectivity index (χ4n) is 1.87. The van der Waals surface area contributed by atoms with Gasteiger partial charge in [0.1, 0.15) is 12.0 Å². The normalized spacial score (nSPS) is 12.2. The number of rotatable bonds is 4. The monoisotopic (exact) mass is 304 g/mol. The number of benzene rings is 1. The number of fused-ring (bicyclic) bond motifs is 1. The van der Waals surface area contributed by atoms with Crippen molar-refractivity contribution in [2.24, 2.45) is 5.16 Å². The van der Waals surface area contributed by atoms with Gasteiger partial charge < -0.3 is 5.21 Å². The van der Waals surface area contributed by atoms with Crippen molar-refractivity contribution < 1.29 is 5.21 Å². The zero-order chi connectivity index (χ0) is 13.9. The summed E-state index contributed by atoms with van der Waals surface area (Å²) in [5.41, 5.74) is 1.60. The van der Waals surface area contributed by atoms with Crippen molar-refractivity contribution in [2.75, 3.05) is 5.75 Å². The van der Waals surface area contributed by atoms with Gasteiger partial charge in [0.15, 0.2) is 0 Å². The van der Waals surface area contributed by atoms with Gasteiger partial charge >= 0.3 is 0 Å². The van der Waals surface area contributed by atoms with E-state index < -0.39 is 0 Å². The van der Waals surface area contributed by atoms with Crippen LogP contribution in [-0.2, 0) is 0 Å². The zero-order valence-electron chi connectivity index (χ0n) is 10.7. The molecule has 102 valence electrons. The molecule has 2 heterocycles. The smallest absolute Gasteiger partial charge is 0.212 e. The van der Waals surface area contributed by atoms with E-state index in [4.69, 9.17) is 0 Å². The lowest BCUT2D eigenvalue weighted by atomic mass is 10.3. The largest absolute Gasteiger partial charge is 0.411 e. The number of thioether (sulfide) groups is 1. The van der Waals surface area contributed by atoms with Crippen LogP contribution in [-0.4, -0.2) is 31.3 Å². The number of nitrogens with zero attached hydrogens (tertiary/aromatic N) is 4. The van der Waals surface area contributed by atoms with Gasteiger partial charge in [0.25, 0.3) is 0 Å². The topological polar surface area (TPSA) is 62.8 Å². The second-order valence-electron chi connectivity index (χ2n) is 4.12. The predicted octanol–water partition coefficient (Wildman–Crippen LogP) is 3.07. The van der Waals surface area contributed by atoms with Crippen molar-refractivity contribution in [3.8, 4) is 0 Å². The van der Waals surface area contributed by atoms with Crippen LogP contribution < -0.4 is 0 Å². The van der Waals surface area contributed by atoms with Crippen LogP contribution >= 0.6 is 23.1 Å². The van der Waals surface area contributed by atoms with Crippen molar-refractivity contribution in [3.05, 3.63) is 47.2 Å². The Kier molecular flexibility index (Phi) is 3.70. The molecule has 20 heavy (non-hydrogen) atoms. The summed E-state index contributed by atoms with van der Waals surface area (Å²) < 4.78 is 1.76. The first kappa shape index (κ1) is 13.1. The van der Waals surface area contributed by atoms with Crippen molar-refractivity contribution >= 4 is 33.8 Å². The average Bonchev–Trinajstić information content (AvgIpc) is 3.05. The first-order valence-corrected chi connectivity index (χ1v) is 7.78. The third kappa shape index (κ3) is 2.41. The second-order valence-corrected chi connectivity index (χ2v) is 6.15. The van der Waals surface area contributed by atoms with E-state index in [0.29, 0.717) is 11.5 Å². The summed E-state index contributed by atoms with van der Waals surface area (Å²) in [6, 6.07) is 10.0. The van der Waals surface area contributed by atoms with Crippen LogP contribution in [0.4, 0.5) is 0 Å². The molecular formula is C13H12N4OS2.